The number of ether oxygens (including phenoxy) is 2. The lowest BCUT2D eigenvalue weighted by Crippen LogP contribution is -2.27. The molecule has 3 aromatic rings. The van der Waals surface area contributed by atoms with E-state index in [-0.39, 0.29) is 29.1 Å². The third kappa shape index (κ3) is 5.38. The maximum atomic E-state index is 13.2. The summed E-state index contributed by atoms with van der Waals surface area (Å²) in [5.74, 6) is 0.168. The number of methoxy groups -OCH3 is 1. The summed E-state index contributed by atoms with van der Waals surface area (Å²) in [5, 5.41) is 0.246. The third-order valence-electron chi connectivity index (χ3n) is 4.94. The molecule has 1 aliphatic rings. The van der Waals surface area contributed by atoms with Crippen LogP contribution in [0, 0.1) is 5.82 Å². The Bertz CT molecular complexity index is 1210. The molecular weight excluding hydrogens is 465 g/mol. The molecule has 0 unspecified atom stereocenters. The van der Waals surface area contributed by atoms with E-state index in [1.807, 2.05) is 12.1 Å². The first kappa shape index (κ1) is 22.9. The molecule has 0 aromatic heterocycles. The molecule has 1 saturated heterocycles. The van der Waals surface area contributed by atoms with Crippen LogP contribution in [0.15, 0.2) is 71.6 Å². The third-order valence-corrected chi connectivity index (χ3v) is 6.10. The summed E-state index contributed by atoms with van der Waals surface area (Å²) >= 11 is 6.79. The number of nitrogens with zero attached hydrogens (tertiary/aromatic N) is 1. The van der Waals surface area contributed by atoms with Crippen LogP contribution in [0.3, 0.4) is 0 Å². The highest BCUT2D eigenvalue weighted by Crippen LogP contribution is 2.38. The molecule has 0 N–H and O–H groups in total. The fourth-order valence-corrected chi connectivity index (χ4v) is 4.20. The van der Waals surface area contributed by atoms with Crippen molar-refractivity contribution in [2.45, 2.75) is 13.2 Å². The van der Waals surface area contributed by atoms with Crippen LogP contribution in [0.1, 0.15) is 16.7 Å². The molecule has 0 bridgehead atoms. The number of rotatable bonds is 7. The van der Waals surface area contributed by atoms with E-state index in [2.05, 4.69) is 0 Å². The predicted molar refractivity (Wildman–Crippen MR) is 127 cm³/mol. The van der Waals surface area contributed by atoms with Crippen LogP contribution in [0.4, 0.5) is 9.18 Å². The lowest BCUT2D eigenvalue weighted by molar-refractivity contribution is -0.123. The van der Waals surface area contributed by atoms with Crippen molar-refractivity contribution in [3.05, 3.63) is 99.2 Å². The van der Waals surface area contributed by atoms with E-state index in [0.29, 0.717) is 27.6 Å². The smallest absolute Gasteiger partial charge is 0.293 e. The Morgan fingerprint density at radius 1 is 1.00 bits per heavy atom. The van der Waals surface area contributed by atoms with E-state index in [1.54, 1.807) is 48.5 Å². The summed E-state index contributed by atoms with van der Waals surface area (Å²) in [7, 11) is 1.53. The number of carbonyl (C=O) groups excluding carboxylic acids is 2. The topological polar surface area (TPSA) is 55.8 Å². The van der Waals surface area contributed by atoms with Crippen LogP contribution >= 0.6 is 23.4 Å². The Kier molecular flexibility index (Phi) is 7.01. The lowest BCUT2D eigenvalue weighted by Gasteiger charge is -2.14. The molecule has 2 amide bonds. The summed E-state index contributed by atoms with van der Waals surface area (Å²) < 4.78 is 24.6. The largest absolute Gasteiger partial charge is 0.493 e. The molecule has 4 rings (SSSR count). The van der Waals surface area contributed by atoms with Crippen LogP contribution in [0.5, 0.6) is 11.5 Å². The Hall–Kier alpha value is -3.29. The Labute approximate surface area is 199 Å². The van der Waals surface area contributed by atoms with Gasteiger partial charge in [-0.3, -0.25) is 14.5 Å². The highest BCUT2D eigenvalue weighted by Gasteiger charge is 2.35. The summed E-state index contributed by atoms with van der Waals surface area (Å²) in [4.78, 5) is 26.8. The van der Waals surface area contributed by atoms with E-state index < -0.39 is 5.91 Å². The molecule has 0 radical (unpaired) electrons. The van der Waals surface area contributed by atoms with Crippen molar-refractivity contribution in [3.63, 3.8) is 0 Å². The molecule has 5 nitrogen and oxygen atoms in total. The summed E-state index contributed by atoms with van der Waals surface area (Å²) in [5.41, 5.74) is 2.18. The lowest BCUT2D eigenvalue weighted by atomic mass is 10.1. The van der Waals surface area contributed by atoms with Gasteiger partial charge in [0.2, 0.25) is 0 Å². The molecule has 0 saturated carbocycles. The maximum Gasteiger partial charge on any atom is 0.293 e. The van der Waals surface area contributed by atoms with Crippen LogP contribution in [-0.2, 0) is 17.9 Å². The molecule has 1 fully saturated rings. The number of thioether (sulfide) groups is 1. The minimum absolute atomic E-state index is 0.0698. The second kappa shape index (κ2) is 10.1. The van der Waals surface area contributed by atoms with Gasteiger partial charge in [-0.05, 0) is 59.3 Å². The number of halogens is 2. The van der Waals surface area contributed by atoms with E-state index in [1.165, 1.54) is 19.2 Å². The number of amides is 2. The zero-order valence-corrected chi connectivity index (χ0v) is 19.2. The average molecular weight is 484 g/mol. The van der Waals surface area contributed by atoms with Crippen molar-refractivity contribution in [2.75, 3.05) is 7.11 Å². The number of carbonyl (C=O) groups is 2. The van der Waals surface area contributed by atoms with Gasteiger partial charge in [0.1, 0.15) is 12.4 Å². The predicted octanol–water partition coefficient (Wildman–Crippen LogP) is 6.30. The minimum atomic E-state index is -0.416. The highest BCUT2D eigenvalue weighted by atomic mass is 35.5. The first-order chi connectivity index (χ1) is 15.9. The van der Waals surface area contributed by atoms with Gasteiger partial charge in [-0.15, -0.1) is 0 Å². The second-order valence-electron chi connectivity index (χ2n) is 7.19. The minimum Gasteiger partial charge on any atom is -0.493 e. The van der Waals surface area contributed by atoms with Crippen molar-refractivity contribution in [2.24, 2.45) is 0 Å². The van der Waals surface area contributed by atoms with Gasteiger partial charge < -0.3 is 9.47 Å². The fourth-order valence-electron chi connectivity index (χ4n) is 3.25. The van der Waals surface area contributed by atoms with E-state index in [9.17, 15) is 14.0 Å². The fraction of sp³-hybridized carbons (Fsp3) is 0.120. The van der Waals surface area contributed by atoms with Crippen molar-refractivity contribution in [1.29, 1.82) is 0 Å². The summed E-state index contributed by atoms with van der Waals surface area (Å²) in [6, 6.07) is 18.3. The van der Waals surface area contributed by atoms with Crippen molar-refractivity contribution < 1.29 is 23.5 Å². The number of hydrogen-bond donors (Lipinski definition) is 0. The molecule has 33 heavy (non-hydrogen) atoms. The monoisotopic (exact) mass is 483 g/mol. The van der Waals surface area contributed by atoms with Gasteiger partial charge in [0.05, 0.1) is 18.6 Å². The van der Waals surface area contributed by atoms with Crippen LogP contribution in [0.25, 0.3) is 6.08 Å². The van der Waals surface area contributed by atoms with Gasteiger partial charge in [0.15, 0.2) is 11.5 Å². The molecule has 0 atom stereocenters. The van der Waals surface area contributed by atoms with E-state index >= 15 is 0 Å². The van der Waals surface area contributed by atoms with Gasteiger partial charge in [-0.2, -0.15) is 0 Å². The summed E-state index contributed by atoms with van der Waals surface area (Å²) in [6.07, 6.45) is 1.62. The number of para-hydroxylation sites is 1. The van der Waals surface area contributed by atoms with Gasteiger partial charge in [-0.25, -0.2) is 4.39 Å². The first-order valence-corrected chi connectivity index (χ1v) is 11.2. The Morgan fingerprint density at radius 2 is 1.70 bits per heavy atom. The maximum absolute atomic E-state index is 13.2. The van der Waals surface area contributed by atoms with Gasteiger partial charge in [0.25, 0.3) is 11.1 Å². The Morgan fingerprint density at radius 3 is 2.39 bits per heavy atom. The zero-order chi connectivity index (χ0) is 23.4. The van der Waals surface area contributed by atoms with Gasteiger partial charge >= 0.3 is 0 Å². The van der Waals surface area contributed by atoms with Gasteiger partial charge in [-0.1, -0.05) is 48.0 Å². The van der Waals surface area contributed by atoms with Crippen LogP contribution in [-0.4, -0.2) is 23.2 Å². The first-order valence-electron chi connectivity index (χ1n) is 9.98. The molecule has 0 aliphatic carbocycles. The molecule has 1 aliphatic heterocycles. The van der Waals surface area contributed by atoms with Crippen LogP contribution < -0.4 is 9.47 Å². The molecule has 0 spiro atoms. The SMILES string of the molecule is COc1cccc(/C=C2/SC(=O)N(Cc3ccc(F)cc3)C2=O)c1OCc1ccc(Cl)cc1. The number of benzene rings is 3. The highest BCUT2D eigenvalue weighted by molar-refractivity contribution is 8.18. The quantitative estimate of drug-likeness (QED) is 0.369. The Balaban J connectivity index is 1.57. The molecular formula is C25H19ClFNO4S. The molecule has 3 aromatic carbocycles. The van der Waals surface area contributed by atoms with Crippen molar-refractivity contribution in [3.8, 4) is 11.5 Å². The molecule has 8 heteroatoms. The molecule has 168 valence electrons. The van der Waals surface area contributed by atoms with Crippen molar-refractivity contribution in [1.82, 2.24) is 4.90 Å². The zero-order valence-electron chi connectivity index (χ0n) is 17.6. The second-order valence-corrected chi connectivity index (χ2v) is 8.62. The standard InChI is InChI=1S/C25H19ClFNO4S/c1-31-21-4-2-3-18(23(21)32-15-17-5-9-19(26)10-6-17)13-22-24(29)28(25(30)33-22)14-16-7-11-20(27)12-8-16/h2-13H,14-15H2,1H3/b22-13+. The average Bonchev–Trinajstić information content (AvgIpc) is 3.07. The van der Waals surface area contributed by atoms with Crippen molar-refractivity contribution >= 4 is 40.6 Å². The van der Waals surface area contributed by atoms with E-state index in [0.717, 1.165) is 22.2 Å². The van der Waals surface area contributed by atoms with E-state index in [4.69, 9.17) is 21.1 Å². The summed E-state index contributed by atoms with van der Waals surface area (Å²) in [6.45, 7) is 0.338. The van der Waals surface area contributed by atoms with Crippen LogP contribution in [0.2, 0.25) is 5.02 Å². The number of imide groups is 1. The molecule has 1 heterocycles. The van der Waals surface area contributed by atoms with Gasteiger partial charge in [0, 0.05) is 10.6 Å². The normalized spacial score (nSPS) is 14.8. The number of hydrogen-bond acceptors (Lipinski definition) is 5.